The van der Waals surface area contributed by atoms with Gasteiger partial charge in [0.25, 0.3) is 0 Å². The van der Waals surface area contributed by atoms with Crippen LogP contribution in [0.15, 0.2) is 35.3 Å². The number of fused-ring (bicyclic) bond motifs is 1. The van der Waals surface area contributed by atoms with Crippen molar-refractivity contribution in [2.45, 2.75) is 25.4 Å². The molecule has 2 heterocycles. The van der Waals surface area contributed by atoms with E-state index in [-0.39, 0.29) is 5.91 Å². The second-order valence-electron chi connectivity index (χ2n) is 8.56. The molecule has 0 unspecified atom stereocenters. The van der Waals surface area contributed by atoms with E-state index in [1.807, 2.05) is 32.1 Å². The van der Waals surface area contributed by atoms with Crippen LogP contribution in [0.4, 0.5) is 5.82 Å². The van der Waals surface area contributed by atoms with Crippen LogP contribution in [0.2, 0.25) is 0 Å². The van der Waals surface area contributed by atoms with Crippen molar-refractivity contribution in [3.8, 4) is 0 Å². The highest BCUT2D eigenvalue weighted by Crippen LogP contribution is 2.22. The zero-order chi connectivity index (χ0) is 21.8. The van der Waals surface area contributed by atoms with Crippen LogP contribution in [0.25, 0.3) is 10.9 Å². The van der Waals surface area contributed by atoms with Crippen LogP contribution in [-0.4, -0.2) is 86.6 Å². The van der Waals surface area contributed by atoms with Gasteiger partial charge in [-0.15, -0.1) is 0 Å². The van der Waals surface area contributed by atoms with E-state index in [2.05, 4.69) is 49.7 Å². The summed E-state index contributed by atoms with van der Waals surface area (Å²) >= 11 is 0. The molecular weight excluding hydrogens is 390 g/mol. The van der Waals surface area contributed by atoms with Gasteiger partial charge in [0.1, 0.15) is 5.82 Å². The summed E-state index contributed by atoms with van der Waals surface area (Å²) in [4.78, 5) is 27.8. The summed E-state index contributed by atoms with van der Waals surface area (Å²) in [6.45, 7) is 4.61. The SMILES string of the molecule is CN=C(NCc1cc(N(C)C)nc2ccccc12)N1CCN(CC(=O)NC2CC2)CC1. The Labute approximate surface area is 184 Å². The lowest BCUT2D eigenvalue weighted by atomic mass is 10.1. The lowest BCUT2D eigenvalue weighted by Crippen LogP contribution is -2.54. The van der Waals surface area contributed by atoms with Gasteiger partial charge in [-0.3, -0.25) is 14.7 Å². The average Bonchev–Trinajstić information content (AvgIpc) is 3.58. The molecule has 166 valence electrons. The average molecular weight is 424 g/mol. The van der Waals surface area contributed by atoms with Crippen molar-refractivity contribution in [2.24, 2.45) is 4.99 Å². The number of nitrogens with one attached hydrogen (secondary N) is 2. The van der Waals surface area contributed by atoms with E-state index in [1.54, 1.807) is 0 Å². The highest BCUT2D eigenvalue weighted by Gasteiger charge is 2.26. The van der Waals surface area contributed by atoms with E-state index in [9.17, 15) is 4.79 Å². The summed E-state index contributed by atoms with van der Waals surface area (Å²) in [6.07, 6.45) is 2.26. The zero-order valence-corrected chi connectivity index (χ0v) is 18.8. The second kappa shape index (κ2) is 9.51. The molecule has 2 aromatic rings. The fraction of sp³-hybridized carbons (Fsp3) is 0.522. The molecule has 0 bridgehead atoms. The Bertz CT molecular complexity index is 946. The van der Waals surface area contributed by atoms with Crippen molar-refractivity contribution < 1.29 is 4.79 Å². The van der Waals surface area contributed by atoms with Gasteiger partial charge in [0.05, 0.1) is 12.1 Å². The molecule has 1 aliphatic carbocycles. The number of anilines is 1. The summed E-state index contributed by atoms with van der Waals surface area (Å²) in [5, 5.41) is 7.76. The van der Waals surface area contributed by atoms with Crippen LogP contribution >= 0.6 is 0 Å². The fourth-order valence-corrected chi connectivity index (χ4v) is 3.94. The van der Waals surface area contributed by atoms with Gasteiger partial charge in [-0.25, -0.2) is 4.98 Å². The van der Waals surface area contributed by atoms with Gasteiger partial charge in [0.15, 0.2) is 5.96 Å². The third-order valence-corrected chi connectivity index (χ3v) is 5.88. The summed E-state index contributed by atoms with van der Waals surface area (Å²) in [5.41, 5.74) is 2.20. The molecule has 31 heavy (non-hydrogen) atoms. The zero-order valence-electron chi connectivity index (χ0n) is 18.8. The molecule has 0 atom stereocenters. The maximum Gasteiger partial charge on any atom is 0.234 e. The molecule has 1 aliphatic heterocycles. The topological polar surface area (TPSA) is 76.1 Å². The Balaban J connectivity index is 1.35. The van der Waals surface area contributed by atoms with E-state index >= 15 is 0 Å². The van der Waals surface area contributed by atoms with Crippen LogP contribution in [0, 0.1) is 0 Å². The first-order valence-corrected chi connectivity index (χ1v) is 11.1. The monoisotopic (exact) mass is 423 g/mol. The lowest BCUT2D eigenvalue weighted by molar-refractivity contribution is -0.122. The first kappa shape index (κ1) is 21.4. The van der Waals surface area contributed by atoms with Gasteiger partial charge >= 0.3 is 0 Å². The number of rotatable bonds is 6. The number of hydrogen-bond donors (Lipinski definition) is 2. The van der Waals surface area contributed by atoms with E-state index in [4.69, 9.17) is 4.98 Å². The van der Waals surface area contributed by atoms with E-state index in [0.29, 0.717) is 19.1 Å². The normalized spacial score (nSPS) is 17.6. The number of nitrogens with zero attached hydrogens (tertiary/aromatic N) is 5. The van der Waals surface area contributed by atoms with Crippen LogP contribution in [-0.2, 0) is 11.3 Å². The quantitative estimate of drug-likeness (QED) is 0.538. The molecule has 1 amide bonds. The van der Waals surface area contributed by atoms with E-state index in [1.165, 1.54) is 5.56 Å². The molecule has 1 saturated heterocycles. The molecule has 1 aromatic carbocycles. The highest BCUT2D eigenvalue weighted by molar-refractivity contribution is 5.85. The number of benzene rings is 1. The van der Waals surface area contributed by atoms with Gasteiger partial charge in [0, 0.05) is 65.3 Å². The standard InChI is InChI=1S/C23H33N7O/c1-24-23(30-12-10-29(11-13-30)16-22(31)26-18-8-9-18)25-15-17-14-21(28(2)3)27-20-7-5-4-6-19(17)20/h4-7,14,18H,8-13,15-16H2,1-3H3,(H,24,25)(H,26,31). The number of para-hydroxylation sites is 1. The number of piperazine rings is 1. The fourth-order valence-electron chi connectivity index (χ4n) is 3.94. The molecule has 0 spiro atoms. The van der Waals surface area contributed by atoms with Crippen molar-refractivity contribution in [2.75, 3.05) is 58.8 Å². The van der Waals surface area contributed by atoms with Gasteiger partial charge in [-0.1, -0.05) is 18.2 Å². The summed E-state index contributed by atoms with van der Waals surface area (Å²) in [5.74, 6) is 2.00. The van der Waals surface area contributed by atoms with Gasteiger partial charge in [-0.05, 0) is 30.5 Å². The smallest absolute Gasteiger partial charge is 0.234 e. The number of pyridine rings is 1. The number of aromatic nitrogens is 1. The van der Waals surface area contributed by atoms with Crippen molar-refractivity contribution in [1.29, 1.82) is 0 Å². The molecule has 8 heteroatoms. The van der Waals surface area contributed by atoms with Crippen LogP contribution in [0.3, 0.4) is 0 Å². The summed E-state index contributed by atoms with van der Waals surface area (Å²) < 4.78 is 0. The van der Waals surface area contributed by atoms with Crippen LogP contribution in [0.1, 0.15) is 18.4 Å². The van der Waals surface area contributed by atoms with Gasteiger partial charge < -0.3 is 20.4 Å². The summed E-state index contributed by atoms with van der Waals surface area (Å²) in [6, 6.07) is 10.8. The molecule has 2 aliphatic rings. The number of carbonyl (C=O) groups is 1. The Morgan fingerprint density at radius 3 is 2.61 bits per heavy atom. The minimum Gasteiger partial charge on any atom is -0.363 e. The molecule has 2 N–H and O–H groups in total. The molecule has 1 saturated carbocycles. The third-order valence-electron chi connectivity index (χ3n) is 5.88. The number of aliphatic imine (C=N–C) groups is 1. The molecular formula is C23H33N7O. The number of amides is 1. The summed E-state index contributed by atoms with van der Waals surface area (Å²) in [7, 11) is 5.85. The van der Waals surface area contributed by atoms with Crippen molar-refractivity contribution in [1.82, 2.24) is 25.4 Å². The minimum absolute atomic E-state index is 0.153. The molecule has 1 aromatic heterocycles. The highest BCUT2D eigenvalue weighted by atomic mass is 16.2. The minimum atomic E-state index is 0.153. The molecule has 8 nitrogen and oxygen atoms in total. The first-order valence-electron chi connectivity index (χ1n) is 11.1. The maximum atomic E-state index is 12.1. The Hall–Kier alpha value is -2.87. The molecule has 0 radical (unpaired) electrons. The van der Waals surface area contributed by atoms with Crippen molar-refractivity contribution >= 4 is 28.6 Å². The van der Waals surface area contributed by atoms with Crippen LogP contribution in [0.5, 0.6) is 0 Å². The van der Waals surface area contributed by atoms with Crippen LogP contribution < -0.4 is 15.5 Å². The largest absolute Gasteiger partial charge is 0.363 e. The first-order chi connectivity index (χ1) is 15.0. The van der Waals surface area contributed by atoms with E-state index in [0.717, 1.165) is 61.7 Å². The predicted octanol–water partition coefficient (Wildman–Crippen LogP) is 1.27. The molecule has 2 fully saturated rings. The second-order valence-corrected chi connectivity index (χ2v) is 8.56. The number of guanidine groups is 1. The number of carbonyl (C=O) groups excluding carboxylic acids is 1. The maximum absolute atomic E-state index is 12.1. The van der Waals surface area contributed by atoms with Gasteiger partial charge in [0.2, 0.25) is 5.91 Å². The predicted molar refractivity (Wildman–Crippen MR) is 125 cm³/mol. The third kappa shape index (κ3) is 5.44. The van der Waals surface area contributed by atoms with Crippen molar-refractivity contribution in [3.63, 3.8) is 0 Å². The van der Waals surface area contributed by atoms with Gasteiger partial charge in [-0.2, -0.15) is 0 Å². The van der Waals surface area contributed by atoms with E-state index < -0.39 is 0 Å². The Kier molecular flexibility index (Phi) is 6.56. The number of hydrogen-bond acceptors (Lipinski definition) is 5. The lowest BCUT2D eigenvalue weighted by Gasteiger charge is -2.36. The Morgan fingerprint density at radius 1 is 1.19 bits per heavy atom. The van der Waals surface area contributed by atoms with Crippen molar-refractivity contribution in [3.05, 3.63) is 35.9 Å². The molecule has 4 rings (SSSR count). The Morgan fingerprint density at radius 2 is 1.94 bits per heavy atom.